The van der Waals surface area contributed by atoms with Gasteiger partial charge in [-0.1, -0.05) is 30.9 Å². The van der Waals surface area contributed by atoms with Crippen LogP contribution in [0.4, 0.5) is 0 Å². The molecule has 1 N–H and O–H groups in total. The van der Waals surface area contributed by atoms with Gasteiger partial charge in [-0.15, -0.1) is 0 Å². The maximum Gasteiger partial charge on any atom is 0.312 e. The van der Waals surface area contributed by atoms with E-state index in [9.17, 15) is 9.90 Å². The van der Waals surface area contributed by atoms with Crippen LogP contribution in [0.25, 0.3) is 0 Å². The fourth-order valence-electron chi connectivity index (χ4n) is 5.13. The fraction of sp³-hybridized carbons (Fsp3) is 0.684. The van der Waals surface area contributed by atoms with Gasteiger partial charge in [-0.3, -0.25) is 19.6 Å². The van der Waals surface area contributed by atoms with Crippen molar-refractivity contribution in [3.05, 3.63) is 29.0 Å². The minimum absolute atomic E-state index is 0.215. The standard InChI is InChI=1S/C19H26ClN3O2/c20-17-8-21-7-6-14(17)9-22-10-15-11-23(16-4-2-1-3-5-16)13-19(15,12-22)18(24)25/h6-8,15-16H,1-5,9-13H2,(H,24,25)/t15-,19-/m1/s1. The van der Waals surface area contributed by atoms with E-state index in [1.54, 1.807) is 12.4 Å². The summed E-state index contributed by atoms with van der Waals surface area (Å²) in [5.74, 6) is -0.410. The molecule has 3 aliphatic rings. The van der Waals surface area contributed by atoms with Crippen LogP contribution in [0.15, 0.2) is 18.5 Å². The number of pyridine rings is 1. The van der Waals surface area contributed by atoms with Crippen LogP contribution in [0.2, 0.25) is 5.02 Å². The van der Waals surface area contributed by atoms with Crippen molar-refractivity contribution in [3.8, 4) is 0 Å². The molecule has 2 aliphatic heterocycles. The molecule has 25 heavy (non-hydrogen) atoms. The number of fused-ring (bicyclic) bond motifs is 1. The summed E-state index contributed by atoms with van der Waals surface area (Å²) in [5.41, 5.74) is 0.415. The molecule has 1 saturated carbocycles. The second-order valence-electron chi connectivity index (χ2n) is 8.02. The number of rotatable bonds is 4. The molecule has 0 aromatic carbocycles. The SMILES string of the molecule is O=C(O)[C@@]12CN(Cc3ccncc3Cl)C[C@@H]1CN(C1CCCCC1)C2. The smallest absolute Gasteiger partial charge is 0.312 e. The van der Waals surface area contributed by atoms with Crippen molar-refractivity contribution in [1.82, 2.24) is 14.8 Å². The predicted octanol–water partition coefficient (Wildman–Crippen LogP) is 2.89. The molecule has 6 heteroatoms. The van der Waals surface area contributed by atoms with Gasteiger partial charge in [-0.25, -0.2) is 0 Å². The zero-order valence-electron chi connectivity index (χ0n) is 14.5. The molecule has 0 unspecified atom stereocenters. The molecule has 136 valence electrons. The van der Waals surface area contributed by atoms with E-state index in [1.165, 1.54) is 32.1 Å². The summed E-state index contributed by atoms with van der Waals surface area (Å²) in [4.78, 5) is 21.0. The quantitative estimate of drug-likeness (QED) is 0.891. The van der Waals surface area contributed by atoms with E-state index in [0.29, 0.717) is 30.7 Å². The number of carbonyl (C=O) groups is 1. The van der Waals surface area contributed by atoms with Crippen molar-refractivity contribution in [1.29, 1.82) is 0 Å². The third kappa shape index (κ3) is 3.18. The van der Waals surface area contributed by atoms with Crippen LogP contribution in [0.5, 0.6) is 0 Å². The summed E-state index contributed by atoms with van der Waals surface area (Å²) >= 11 is 6.23. The Morgan fingerprint density at radius 1 is 1.28 bits per heavy atom. The van der Waals surface area contributed by atoms with E-state index in [-0.39, 0.29) is 5.92 Å². The minimum atomic E-state index is -0.626. The van der Waals surface area contributed by atoms with E-state index in [1.807, 2.05) is 6.07 Å². The Kier molecular flexibility index (Phi) is 4.73. The van der Waals surface area contributed by atoms with E-state index in [4.69, 9.17) is 11.6 Å². The van der Waals surface area contributed by atoms with Gasteiger partial charge in [0, 0.05) is 57.1 Å². The first kappa shape index (κ1) is 17.3. The average Bonchev–Trinajstić information content (AvgIpc) is 3.13. The van der Waals surface area contributed by atoms with Gasteiger partial charge in [0.05, 0.1) is 10.4 Å². The highest BCUT2D eigenvalue weighted by atomic mass is 35.5. The number of carboxylic acids is 1. The lowest BCUT2D eigenvalue weighted by Crippen LogP contribution is -2.43. The first-order chi connectivity index (χ1) is 12.1. The molecular weight excluding hydrogens is 338 g/mol. The van der Waals surface area contributed by atoms with Crippen LogP contribution in [0.1, 0.15) is 37.7 Å². The predicted molar refractivity (Wildman–Crippen MR) is 96.5 cm³/mol. The minimum Gasteiger partial charge on any atom is -0.481 e. The lowest BCUT2D eigenvalue weighted by Gasteiger charge is -2.33. The van der Waals surface area contributed by atoms with Crippen molar-refractivity contribution in [3.63, 3.8) is 0 Å². The molecule has 3 heterocycles. The van der Waals surface area contributed by atoms with Crippen LogP contribution >= 0.6 is 11.6 Å². The number of hydrogen-bond donors (Lipinski definition) is 1. The Hall–Kier alpha value is -1.17. The second kappa shape index (κ2) is 6.86. The molecule has 2 saturated heterocycles. The third-order valence-electron chi connectivity index (χ3n) is 6.47. The number of hydrogen-bond acceptors (Lipinski definition) is 4. The van der Waals surface area contributed by atoms with Crippen molar-refractivity contribution in [2.24, 2.45) is 11.3 Å². The van der Waals surface area contributed by atoms with E-state index in [0.717, 1.165) is 18.7 Å². The molecule has 4 rings (SSSR count). The van der Waals surface area contributed by atoms with Gasteiger partial charge in [-0.2, -0.15) is 0 Å². The van der Waals surface area contributed by atoms with Crippen LogP contribution in [-0.4, -0.2) is 58.1 Å². The van der Waals surface area contributed by atoms with Gasteiger partial charge < -0.3 is 5.11 Å². The fourth-order valence-corrected chi connectivity index (χ4v) is 5.31. The molecule has 5 nitrogen and oxygen atoms in total. The molecule has 1 aromatic heterocycles. The zero-order valence-corrected chi connectivity index (χ0v) is 15.3. The maximum absolute atomic E-state index is 12.2. The monoisotopic (exact) mass is 363 g/mol. The van der Waals surface area contributed by atoms with Crippen LogP contribution in [0, 0.1) is 11.3 Å². The Morgan fingerprint density at radius 3 is 2.76 bits per heavy atom. The van der Waals surface area contributed by atoms with Gasteiger partial charge in [0.15, 0.2) is 0 Å². The molecule has 3 fully saturated rings. The topological polar surface area (TPSA) is 56.7 Å². The first-order valence-corrected chi connectivity index (χ1v) is 9.74. The summed E-state index contributed by atoms with van der Waals surface area (Å²) in [6.45, 7) is 3.80. The van der Waals surface area contributed by atoms with Gasteiger partial charge in [0.2, 0.25) is 0 Å². The highest BCUT2D eigenvalue weighted by Crippen LogP contribution is 2.45. The van der Waals surface area contributed by atoms with Crippen molar-refractivity contribution < 1.29 is 9.90 Å². The largest absolute Gasteiger partial charge is 0.481 e. The van der Waals surface area contributed by atoms with E-state index >= 15 is 0 Å². The Morgan fingerprint density at radius 2 is 2.08 bits per heavy atom. The number of carboxylic acid groups (broad SMARTS) is 1. The van der Waals surface area contributed by atoms with Crippen LogP contribution < -0.4 is 0 Å². The average molecular weight is 364 g/mol. The summed E-state index contributed by atoms with van der Waals surface area (Å²) in [6.07, 6.45) is 9.79. The number of halogens is 1. The normalized spacial score (nSPS) is 31.3. The van der Waals surface area contributed by atoms with Gasteiger partial charge in [0.25, 0.3) is 0 Å². The highest BCUT2D eigenvalue weighted by Gasteiger charge is 2.58. The van der Waals surface area contributed by atoms with Crippen LogP contribution in [0.3, 0.4) is 0 Å². The summed E-state index contributed by atoms with van der Waals surface area (Å²) in [7, 11) is 0. The zero-order chi connectivity index (χ0) is 17.4. The molecular formula is C19H26ClN3O2. The van der Waals surface area contributed by atoms with Crippen molar-refractivity contribution in [2.45, 2.75) is 44.7 Å². The molecule has 1 aromatic rings. The third-order valence-corrected chi connectivity index (χ3v) is 6.81. The van der Waals surface area contributed by atoms with Crippen molar-refractivity contribution >= 4 is 17.6 Å². The van der Waals surface area contributed by atoms with Gasteiger partial charge >= 0.3 is 5.97 Å². The van der Waals surface area contributed by atoms with E-state index in [2.05, 4.69) is 14.8 Å². The highest BCUT2D eigenvalue weighted by molar-refractivity contribution is 6.31. The first-order valence-electron chi connectivity index (χ1n) is 9.37. The van der Waals surface area contributed by atoms with Gasteiger partial charge in [0.1, 0.15) is 0 Å². The Balaban J connectivity index is 1.47. The molecule has 0 bridgehead atoms. The maximum atomic E-state index is 12.2. The molecule has 0 radical (unpaired) electrons. The lowest BCUT2D eigenvalue weighted by atomic mass is 9.81. The number of aliphatic carboxylic acids is 1. The Bertz CT molecular complexity index is 649. The van der Waals surface area contributed by atoms with Crippen molar-refractivity contribution in [2.75, 3.05) is 26.2 Å². The van der Waals surface area contributed by atoms with Gasteiger partial charge in [-0.05, 0) is 24.5 Å². The summed E-state index contributed by atoms with van der Waals surface area (Å²) in [5, 5.41) is 10.7. The Labute approximate surface area is 154 Å². The summed E-state index contributed by atoms with van der Waals surface area (Å²) < 4.78 is 0. The second-order valence-corrected chi connectivity index (χ2v) is 8.42. The molecule has 1 aliphatic carbocycles. The molecule has 0 spiro atoms. The molecule has 0 amide bonds. The number of aromatic nitrogens is 1. The number of nitrogens with zero attached hydrogens (tertiary/aromatic N) is 3. The lowest BCUT2D eigenvalue weighted by molar-refractivity contribution is -0.149. The van der Waals surface area contributed by atoms with E-state index < -0.39 is 11.4 Å². The number of likely N-dealkylation sites (tertiary alicyclic amines) is 2. The summed E-state index contributed by atoms with van der Waals surface area (Å²) in [6, 6.07) is 2.52. The molecule has 2 atom stereocenters. The van der Waals surface area contributed by atoms with Crippen LogP contribution in [-0.2, 0) is 11.3 Å².